The number of nitrogens with zero attached hydrogens (tertiary/aromatic N) is 1. The van der Waals surface area contributed by atoms with Crippen molar-refractivity contribution in [2.75, 3.05) is 12.9 Å². The highest BCUT2D eigenvalue weighted by atomic mass is 32.2. The quantitative estimate of drug-likeness (QED) is 0.546. The molecule has 2 N–H and O–H groups in total. The topological polar surface area (TPSA) is 98.9 Å². The molecular weight excluding hydrogens is 416 g/mol. The van der Waals surface area contributed by atoms with Gasteiger partial charge in [-0.1, -0.05) is 60.7 Å². The van der Waals surface area contributed by atoms with E-state index in [1.165, 1.54) is 23.8 Å². The van der Waals surface area contributed by atoms with Crippen LogP contribution in [0.1, 0.15) is 23.7 Å². The first kappa shape index (κ1) is 21.1. The van der Waals surface area contributed by atoms with E-state index in [0.29, 0.717) is 11.3 Å². The highest BCUT2D eigenvalue weighted by Crippen LogP contribution is 2.41. The molecule has 2 aromatic carbocycles. The lowest BCUT2D eigenvalue weighted by Gasteiger charge is -2.48. The highest BCUT2D eigenvalue weighted by molar-refractivity contribution is 8.00. The first-order valence-corrected chi connectivity index (χ1v) is 10.9. The number of rotatable bonds is 6. The second-order valence-corrected chi connectivity index (χ2v) is 8.35. The largest absolute Gasteiger partial charge is 0.469 e. The minimum absolute atomic E-state index is 0.0951. The molecule has 0 aromatic heterocycles. The summed E-state index contributed by atoms with van der Waals surface area (Å²) >= 11 is 1.42. The van der Waals surface area contributed by atoms with E-state index in [9.17, 15) is 14.4 Å². The van der Waals surface area contributed by atoms with Crippen LogP contribution in [-0.4, -0.2) is 47.0 Å². The molecule has 0 aliphatic carbocycles. The van der Waals surface area contributed by atoms with Gasteiger partial charge in [-0.3, -0.25) is 14.5 Å². The third-order valence-corrected chi connectivity index (χ3v) is 6.66. The summed E-state index contributed by atoms with van der Waals surface area (Å²) in [6.45, 7) is 0. The van der Waals surface area contributed by atoms with E-state index in [0.717, 1.165) is 11.1 Å². The Hall–Kier alpha value is -3.10. The average Bonchev–Trinajstić information content (AvgIpc) is 2.82. The molecule has 1 fully saturated rings. The van der Waals surface area contributed by atoms with Crippen LogP contribution in [0.25, 0.3) is 0 Å². The summed E-state index contributed by atoms with van der Waals surface area (Å²) in [6, 6.07) is 18.1. The Morgan fingerprint density at radius 3 is 2.23 bits per heavy atom. The van der Waals surface area contributed by atoms with Gasteiger partial charge >= 0.3 is 11.9 Å². The summed E-state index contributed by atoms with van der Waals surface area (Å²) < 4.78 is 10.7. The van der Waals surface area contributed by atoms with Crippen molar-refractivity contribution in [2.45, 2.75) is 23.9 Å². The van der Waals surface area contributed by atoms with E-state index in [-0.39, 0.29) is 23.4 Å². The predicted octanol–water partition coefficient (Wildman–Crippen LogP) is 2.38. The first-order valence-electron chi connectivity index (χ1n) is 9.81. The van der Waals surface area contributed by atoms with Gasteiger partial charge in [0.25, 0.3) is 0 Å². The fourth-order valence-corrected chi connectivity index (χ4v) is 4.99. The smallest absolute Gasteiger partial charge is 0.356 e. The zero-order valence-corrected chi connectivity index (χ0v) is 17.7. The molecule has 4 rings (SSSR count). The number of benzene rings is 2. The van der Waals surface area contributed by atoms with Gasteiger partial charge < -0.3 is 15.2 Å². The van der Waals surface area contributed by atoms with E-state index in [2.05, 4.69) is 0 Å². The third kappa shape index (κ3) is 4.08. The molecule has 0 spiro atoms. The minimum atomic E-state index is -0.675. The van der Waals surface area contributed by atoms with Crippen molar-refractivity contribution >= 4 is 29.6 Å². The zero-order valence-electron chi connectivity index (χ0n) is 16.9. The molecule has 8 heteroatoms. The Labute approximate surface area is 184 Å². The number of thioether (sulfide) groups is 1. The summed E-state index contributed by atoms with van der Waals surface area (Å²) in [7, 11) is 1.28. The van der Waals surface area contributed by atoms with Crippen LogP contribution in [0.2, 0.25) is 0 Å². The van der Waals surface area contributed by atoms with Crippen LogP contribution in [0, 0.1) is 0 Å². The van der Waals surface area contributed by atoms with Crippen molar-refractivity contribution in [1.82, 2.24) is 4.90 Å². The Morgan fingerprint density at radius 1 is 1.10 bits per heavy atom. The lowest BCUT2D eigenvalue weighted by Crippen LogP contribution is -2.68. The number of esters is 2. The molecule has 1 saturated heterocycles. The predicted molar refractivity (Wildman–Crippen MR) is 116 cm³/mol. The summed E-state index contributed by atoms with van der Waals surface area (Å²) in [5.41, 5.74) is 8.10. The fourth-order valence-electron chi connectivity index (χ4n) is 3.70. The molecule has 2 aliphatic heterocycles. The maximum absolute atomic E-state index is 13.4. The van der Waals surface area contributed by atoms with Crippen molar-refractivity contribution in [3.63, 3.8) is 0 Å². The van der Waals surface area contributed by atoms with E-state index in [1.54, 1.807) is 0 Å². The van der Waals surface area contributed by atoms with Crippen molar-refractivity contribution < 1.29 is 23.9 Å². The summed E-state index contributed by atoms with van der Waals surface area (Å²) in [6.07, 6.45) is -0.763. The van der Waals surface area contributed by atoms with Gasteiger partial charge in [0, 0.05) is 5.75 Å². The van der Waals surface area contributed by atoms with Crippen LogP contribution in [0.5, 0.6) is 0 Å². The number of methoxy groups -OCH3 is 1. The second-order valence-electron chi connectivity index (χ2n) is 7.25. The van der Waals surface area contributed by atoms with E-state index < -0.39 is 24.1 Å². The van der Waals surface area contributed by atoms with Crippen LogP contribution in [0.4, 0.5) is 0 Å². The zero-order chi connectivity index (χ0) is 22.0. The standard InChI is InChI=1S/C23H22N2O5S/c1-29-17(26)12-16-13-31-22-18(24)21(27)25(22)19(16)23(28)30-20(14-8-4-2-5-9-14)15-10-6-3-7-11-15/h2-11,18,20,22H,12-13,24H2,1H3/t18-,22-/m1/s1. The number of hydrogen-bond acceptors (Lipinski definition) is 7. The molecule has 2 aliphatic rings. The number of ether oxygens (including phenoxy) is 2. The van der Waals surface area contributed by atoms with Gasteiger partial charge in [0.1, 0.15) is 17.1 Å². The summed E-state index contributed by atoms with van der Waals surface area (Å²) in [4.78, 5) is 39.1. The Kier molecular flexibility index (Phi) is 6.11. The Morgan fingerprint density at radius 2 is 1.68 bits per heavy atom. The molecule has 31 heavy (non-hydrogen) atoms. The second kappa shape index (κ2) is 8.95. The van der Waals surface area contributed by atoms with Gasteiger partial charge in [0.15, 0.2) is 6.10 Å². The molecule has 7 nitrogen and oxygen atoms in total. The number of carbonyl (C=O) groups excluding carboxylic acids is 3. The first-order chi connectivity index (χ1) is 15.0. The van der Waals surface area contributed by atoms with Crippen molar-refractivity contribution in [1.29, 1.82) is 0 Å². The van der Waals surface area contributed by atoms with Crippen molar-refractivity contribution in [3.05, 3.63) is 83.1 Å². The van der Waals surface area contributed by atoms with Crippen molar-refractivity contribution in [3.8, 4) is 0 Å². The van der Waals surface area contributed by atoms with Crippen LogP contribution in [0.3, 0.4) is 0 Å². The van der Waals surface area contributed by atoms with E-state index in [1.807, 2.05) is 60.7 Å². The maximum atomic E-state index is 13.4. The van der Waals surface area contributed by atoms with Gasteiger partial charge in [-0.2, -0.15) is 0 Å². The molecule has 2 heterocycles. The van der Waals surface area contributed by atoms with E-state index in [4.69, 9.17) is 15.2 Å². The van der Waals surface area contributed by atoms with Crippen LogP contribution in [-0.2, 0) is 23.9 Å². The van der Waals surface area contributed by atoms with Gasteiger partial charge in [-0.25, -0.2) is 4.79 Å². The number of fused-ring (bicyclic) bond motifs is 1. The molecular formula is C23H22N2O5S. The number of carbonyl (C=O) groups is 3. The SMILES string of the molecule is COC(=O)CC1=C(C(=O)OC(c2ccccc2)c2ccccc2)N2C(=O)[C@@H](N)[C@H]2SC1. The van der Waals surface area contributed by atoms with Crippen molar-refractivity contribution in [2.24, 2.45) is 5.73 Å². The molecule has 1 amide bonds. The van der Waals surface area contributed by atoms with Gasteiger partial charge in [0.2, 0.25) is 5.91 Å². The molecule has 2 aromatic rings. The number of amides is 1. The number of nitrogens with two attached hydrogens (primary N) is 1. The number of hydrogen-bond donors (Lipinski definition) is 1. The van der Waals surface area contributed by atoms with Crippen LogP contribution in [0.15, 0.2) is 71.9 Å². The molecule has 0 bridgehead atoms. The van der Waals surface area contributed by atoms with Gasteiger partial charge in [0.05, 0.1) is 13.5 Å². The highest BCUT2D eigenvalue weighted by Gasteiger charge is 2.52. The van der Waals surface area contributed by atoms with Crippen LogP contribution >= 0.6 is 11.8 Å². The molecule has 2 atom stereocenters. The van der Waals surface area contributed by atoms with Gasteiger partial charge in [-0.15, -0.1) is 11.8 Å². The van der Waals surface area contributed by atoms with Crippen LogP contribution < -0.4 is 5.73 Å². The number of β-lactam (4-membered cyclic amide) rings is 1. The summed E-state index contributed by atoms with van der Waals surface area (Å²) in [5.74, 6) is -1.12. The lowest BCUT2D eigenvalue weighted by atomic mass is 10.0. The lowest BCUT2D eigenvalue weighted by molar-refractivity contribution is -0.153. The molecule has 0 saturated carbocycles. The minimum Gasteiger partial charge on any atom is -0.469 e. The Bertz CT molecular complexity index is 985. The summed E-state index contributed by atoms with van der Waals surface area (Å²) in [5, 5.41) is -0.344. The van der Waals surface area contributed by atoms with Gasteiger partial charge in [-0.05, 0) is 16.7 Å². The average molecular weight is 439 g/mol. The fraction of sp³-hybridized carbons (Fsp3) is 0.261. The monoisotopic (exact) mass is 438 g/mol. The Balaban J connectivity index is 1.70. The van der Waals surface area contributed by atoms with E-state index >= 15 is 0 Å². The normalized spacial score (nSPS) is 20.2. The molecule has 0 unspecified atom stereocenters. The molecule has 0 radical (unpaired) electrons. The third-order valence-electron chi connectivity index (χ3n) is 5.30. The maximum Gasteiger partial charge on any atom is 0.356 e. The molecule has 160 valence electrons.